The van der Waals surface area contributed by atoms with Crippen LogP contribution in [0.25, 0.3) is 11.0 Å². The highest BCUT2D eigenvalue weighted by Gasteiger charge is 2.01. The van der Waals surface area contributed by atoms with E-state index in [-0.39, 0.29) is 5.75 Å². The molecule has 0 radical (unpaired) electrons. The van der Waals surface area contributed by atoms with Gasteiger partial charge in [-0.2, -0.15) is 5.10 Å². The highest BCUT2D eigenvalue weighted by Crippen LogP contribution is 2.17. The van der Waals surface area contributed by atoms with Gasteiger partial charge in [-0.15, -0.1) is 0 Å². The molecule has 0 aliphatic carbocycles. The molecule has 4 nitrogen and oxygen atoms in total. The second-order valence-electron chi connectivity index (χ2n) is 2.41. The number of nitrogens with one attached hydrogen (secondary N) is 1. The van der Waals surface area contributed by atoms with E-state index in [2.05, 4.69) is 15.2 Å². The van der Waals surface area contributed by atoms with E-state index >= 15 is 0 Å². The van der Waals surface area contributed by atoms with Crippen LogP contribution in [0.15, 0.2) is 12.3 Å². The number of fused-ring (bicyclic) bond motifs is 1. The van der Waals surface area contributed by atoms with E-state index in [1.807, 2.05) is 6.92 Å². The first kappa shape index (κ1) is 6.15. The fraction of sp³-hybridized carbons (Fsp3) is 0.143. The average molecular weight is 149 g/mol. The van der Waals surface area contributed by atoms with Crippen molar-refractivity contribution in [3.63, 3.8) is 0 Å². The molecule has 0 aliphatic rings. The van der Waals surface area contributed by atoms with Crippen LogP contribution in [0, 0.1) is 6.92 Å². The maximum Gasteiger partial charge on any atom is 0.181 e. The minimum atomic E-state index is 0.169. The van der Waals surface area contributed by atoms with E-state index in [0.29, 0.717) is 5.65 Å². The Kier molecular flexibility index (Phi) is 1.09. The zero-order valence-corrected chi connectivity index (χ0v) is 6.00. The molecule has 2 N–H and O–H groups in total. The van der Waals surface area contributed by atoms with Crippen molar-refractivity contribution >= 4 is 11.0 Å². The topological polar surface area (TPSA) is 61.8 Å². The number of hydrogen-bond acceptors (Lipinski definition) is 3. The lowest BCUT2D eigenvalue weighted by atomic mass is 10.3. The first-order chi connectivity index (χ1) is 5.27. The number of hydrogen-bond donors (Lipinski definition) is 2. The molecule has 0 atom stereocenters. The van der Waals surface area contributed by atoms with E-state index in [1.54, 1.807) is 6.07 Å². The monoisotopic (exact) mass is 149 g/mol. The highest BCUT2D eigenvalue weighted by molar-refractivity contribution is 5.78. The molecule has 2 heterocycles. The van der Waals surface area contributed by atoms with Crippen molar-refractivity contribution in [1.29, 1.82) is 0 Å². The summed E-state index contributed by atoms with van der Waals surface area (Å²) < 4.78 is 0. The lowest BCUT2D eigenvalue weighted by Gasteiger charge is -1.89. The Bertz CT molecular complexity index is 393. The molecular weight excluding hydrogens is 142 g/mol. The van der Waals surface area contributed by atoms with Crippen molar-refractivity contribution in [1.82, 2.24) is 15.2 Å². The molecule has 2 aromatic heterocycles. The Labute approximate surface area is 62.9 Å². The smallest absolute Gasteiger partial charge is 0.181 e. The van der Waals surface area contributed by atoms with Crippen molar-refractivity contribution in [3.8, 4) is 5.75 Å². The van der Waals surface area contributed by atoms with Gasteiger partial charge in [-0.05, 0) is 13.0 Å². The van der Waals surface area contributed by atoms with Crippen molar-refractivity contribution in [3.05, 3.63) is 18.0 Å². The third-order valence-electron chi connectivity index (χ3n) is 1.59. The minimum absolute atomic E-state index is 0.169. The van der Waals surface area contributed by atoms with E-state index < -0.39 is 0 Å². The SMILES string of the molecule is Cc1[nH]nc2ncc(O)cc12. The van der Waals surface area contributed by atoms with Gasteiger partial charge in [-0.1, -0.05) is 0 Å². The molecule has 0 amide bonds. The van der Waals surface area contributed by atoms with Crippen molar-refractivity contribution in [2.75, 3.05) is 0 Å². The number of nitrogens with zero attached hydrogens (tertiary/aromatic N) is 2. The van der Waals surface area contributed by atoms with Crippen LogP contribution >= 0.6 is 0 Å². The van der Waals surface area contributed by atoms with Crippen LogP contribution in [-0.4, -0.2) is 20.3 Å². The second-order valence-corrected chi connectivity index (χ2v) is 2.41. The van der Waals surface area contributed by atoms with Gasteiger partial charge in [0.05, 0.1) is 6.20 Å². The molecule has 2 rings (SSSR count). The van der Waals surface area contributed by atoms with Crippen LogP contribution in [0.1, 0.15) is 5.69 Å². The fourth-order valence-corrected chi connectivity index (χ4v) is 1.01. The Morgan fingerprint density at radius 3 is 3.18 bits per heavy atom. The quantitative estimate of drug-likeness (QED) is 0.586. The maximum atomic E-state index is 9.07. The first-order valence-corrected chi connectivity index (χ1v) is 3.27. The van der Waals surface area contributed by atoms with Crippen LogP contribution in [-0.2, 0) is 0 Å². The predicted molar refractivity (Wildman–Crippen MR) is 40.3 cm³/mol. The molecule has 2 aromatic rings. The van der Waals surface area contributed by atoms with E-state index in [0.717, 1.165) is 11.1 Å². The highest BCUT2D eigenvalue weighted by atomic mass is 16.3. The number of aryl methyl sites for hydroxylation is 1. The van der Waals surface area contributed by atoms with Gasteiger partial charge in [0.25, 0.3) is 0 Å². The van der Waals surface area contributed by atoms with Crippen LogP contribution in [0.3, 0.4) is 0 Å². The number of pyridine rings is 1. The third-order valence-corrected chi connectivity index (χ3v) is 1.59. The zero-order chi connectivity index (χ0) is 7.84. The number of aromatic hydroxyl groups is 1. The maximum absolute atomic E-state index is 9.07. The molecule has 0 aliphatic heterocycles. The van der Waals surface area contributed by atoms with Gasteiger partial charge in [0, 0.05) is 11.1 Å². The van der Waals surface area contributed by atoms with Gasteiger partial charge >= 0.3 is 0 Å². The normalized spacial score (nSPS) is 10.6. The first-order valence-electron chi connectivity index (χ1n) is 3.27. The number of H-pyrrole nitrogens is 1. The summed E-state index contributed by atoms with van der Waals surface area (Å²) in [6.07, 6.45) is 1.38. The molecule has 0 saturated heterocycles. The molecule has 0 saturated carbocycles. The molecule has 0 spiro atoms. The number of rotatable bonds is 0. The molecule has 0 aromatic carbocycles. The van der Waals surface area contributed by atoms with Gasteiger partial charge < -0.3 is 5.11 Å². The Balaban J connectivity index is 2.87. The molecular formula is C7H7N3O. The summed E-state index contributed by atoms with van der Waals surface area (Å²) in [5, 5.41) is 16.6. The Morgan fingerprint density at radius 1 is 1.55 bits per heavy atom. The summed E-state index contributed by atoms with van der Waals surface area (Å²) in [6.45, 7) is 1.89. The summed E-state index contributed by atoms with van der Waals surface area (Å²) in [6, 6.07) is 1.64. The standard InChI is InChI=1S/C7H7N3O/c1-4-6-2-5(11)3-8-7(6)10-9-4/h2-3,11H,1H3,(H,8,9,10). The van der Waals surface area contributed by atoms with Crippen LogP contribution in [0.5, 0.6) is 5.75 Å². The second kappa shape index (κ2) is 1.95. The molecule has 0 fully saturated rings. The van der Waals surface area contributed by atoms with E-state index in [4.69, 9.17) is 5.11 Å². The van der Waals surface area contributed by atoms with Crippen LogP contribution < -0.4 is 0 Å². The summed E-state index contributed by atoms with van der Waals surface area (Å²) in [7, 11) is 0. The Morgan fingerprint density at radius 2 is 2.36 bits per heavy atom. The molecule has 0 unspecified atom stereocenters. The van der Waals surface area contributed by atoms with Gasteiger partial charge in [0.2, 0.25) is 0 Å². The minimum Gasteiger partial charge on any atom is -0.506 e. The summed E-state index contributed by atoms with van der Waals surface area (Å²) in [5.41, 5.74) is 1.56. The summed E-state index contributed by atoms with van der Waals surface area (Å²) in [5.74, 6) is 0.169. The molecule has 4 heteroatoms. The van der Waals surface area contributed by atoms with Gasteiger partial charge in [0.1, 0.15) is 5.75 Å². The van der Waals surface area contributed by atoms with Crippen LogP contribution in [0.4, 0.5) is 0 Å². The lowest BCUT2D eigenvalue weighted by molar-refractivity contribution is 0.474. The molecule has 0 bridgehead atoms. The average Bonchev–Trinajstić information content (AvgIpc) is 2.33. The van der Waals surface area contributed by atoms with E-state index in [9.17, 15) is 0 Å². The third kappa shape index (κ3) is 0.832. The fourth-order valence-electron chi connectivity index (χ4n) is 1.01. The lowest BCUT2D eigenvalue weighted by Crippen LogP contribution is -1.74. The van der Waals surface area contributed by atoms with Crippen molar-refractivity contribution in [2.24, 2.45) is 0 Å². The van der Waals surface area contributed by atoms with Crippen LogP contribution in [0.2, 0.25) is 0 Å². The summed E-state index contributed by atoms with van der Waals surface area (Å²) in [4.78, 5) is 3.91. The van der Waals surface area contributed by atoms with E-state index in [1.165, 1.54) is 6.20 Å². The Hall–Kier alpha value is -1.58. The largest absolute Gasteiger partial charge is 0.506 e. The number of aromatic amines is 1. The molecule has 56 valence electrons. The van der Waals surface area contributed by atoms with Crippen molar-refractivity contribution < 1.29 is 5.11 Å². The van der Waals surface area contributed by atoms with Gasteiger partial charge in [-0.3, -0.25) is 5.10 Å². The van der Waals surface area contributed by atoms with Crippen molar-refractivity contribution in [2.45, 2.75) is 6.92 Å². The zero-order valence-electron chi connectivity index (χ0n) is 6.00. The summed E-state index contributed by atoms with van der Waals surface area (Å²) >= 11 is 0. The predicted octanol–water partition coefficient (Wildman–Crippen LogP) is 0.972. The van der Waals surface area contributed by atoms with Gasteiger partial charge in [0.15, 0.2) is 5.65 Å². The molecule has 11 heavy (non-hydrogen) atoms. The number of aromatic nitrogens is 3. The van der Waals surface area contributed by atoms with Gasteiger partial charge in [-0.25, -0.2) is 4.98 Å².